The van der Waals surface area contributed by atoms with Crippen LogP contribution < -0.4 is 4.74 Å². The lowest BCUT2D eigenvalue weighted by atomic mass is 9.81. The summed E-state index contributed by atoms with van der Waals surface area (Å²) in [5.41, 5.74) is 3.14. The van der Waals surface area contributed by atoms with Gasteiger partial charge in [0.15, 0.2) is 0 Å². The fraction of sp³-hybridized carbons (Fsp3) is 0.837. The molecule has 4 nitrogen and oxygen atoms in total. The average molecular weight is 657 g/mol. The van der Waals surface area contributed by atoms with Crippen LogP contribution in [0.15, 0.2) is 0 Å². The molecule has 4 heteroatoms. The second-order valence-corrected chi connectivity index (χ2v) is 16.3. The van der Waals surface area contributed by atoms with E-state index in [1.54, 1.807) is 0 Å². The molecule has 1 aliphatic heterocycles. The van der Waals surface area contributed by atoms with Gasteiger partial charge in [0, 0.05) is 18.4 Å². The monoisotopic (exact) mass is 657 g/mol. The number of unbranched alkanes of at least 4 members (excludes halogenated alkanes) is 10. The summed E-state index contributed by atoms with van der Waals surface area (Å²) in [4.78, 5) is 13.2. The molecule has 4 atom stereocenters. The molecule has 47 heavy (non-hydrogen) atoms. The van der Waals surface area contributed by atoms with Crippen LogP contribution in [0.4, 0.5) is 0 Å². The summed E-state index contributed by atoms with van der Waals surface area (Å²) in [6, 6.07) is 0. The summed E-state index contributed by atoms with van der Waals surface area (Å²) in [5, 5.41) is 10.8. The van der Waals surface area contributed by atoms with Gasteiger partial charge in [0.1, 0.15) is 23.2 Å². The second kappa shape index (κ2) is 22.1. The molecular formula is C43H76O4. The number of hydrogen-bond acceptors (Lipinski definition) is 4. The SMILES string of the molecule is CCCCCCCCCCCCCC(=O)OC1Cc2c(C)c(O)c(C)c(C)c2O[C@@]1(C)CCC[C@H](C)CCC[C@@H](C)CCCC(C)C. The van der Waals surface area contributed by atoms with Crippen molar-refractivity contribution in [3.8, 4) is 11.5 Å². The maximum Gasteiger partial charge on any atom is 0.306 e. The third-order valence-electron chi connectivity index (χ3n) is 11.2. The van der Waals surface area contributed by atoms with Crippen molar-refractivity contribution in [2.45, 2.75) is 215 Å². The standard InChI is InChI=1S/C43H76O4/c1-10-11-12-13-14-15-16-17-18-19-20-29-40(44)46-39-31-38-37(8)41(45)35(6)36(7)42(38)47-43(39,9)30-23-28-34(5)27-22-26-33(4)25-21-24-32(2)3/h32-34,39,45H,10-31H2,1-9H3/t33-,34+,39?,43-/m0/s1. The number of rotatable bonds is 25. The number of phenols is 1. The van der Waals surface area contributed by atoms with Crippen LogP contribution >= 0.6 is 0 Å². The Morgan fingerprint density at radius 2 is 1.26 bits per heavy atom. The fourth-order valence-electron chi connectivity index (χ4n) is 7.56. The lowest BCUT2D eigenvalue weighted by Gasteiger charge is -2.43. The molecule has 272 valence electrons. The first-order valence-electron chi connectivity index (χ1n) is 20.1. The minimum absolute atomic E-state index is 0.106. The van der Waals surface area contributed by atoms with Gasteiger partial charge in [-0.3, -0.25) is 4.79 Å². The van der Waals surface area contributed by atoms with Crippen molar-refractivity contribution in [2.75, 3.05) is 0 Å². The third-order valence-corrected chi connectivity index (χ3v) is 11.2. The zero-order valence-corrected chi connectivity index (χ0v) is 32.5. The van der Waals surface area contributed by atoms with Crippen molar-refractivity contribution in [2.24, 2.45) is 17.8 Å². The summed E-state index contributed by atoms with van der Waals surface area (Å²) in [7, 11) is 0. The molecule has 2 rings (SSSR count). The minimum atomic E-state index is -0.578. The van der Waals surface area contributed by atoms with Gasteiger partial charge in [-0.05, 0) is 81.4 Å². The number of esters is 1. The Hall–Kier alpha value is -1.71. The van der Waals surface area contributed by atoms with Crippen molar-refractivity contribution in [3.63, 3.8) is 0 Å². The highest BCUT2D eigenvalue weighted by atomic mass is 16.6. The molecule has 1 unspecified atom stereocenters. The Kier molecular flexibility index (Phi) is 19.5. The van der Waals surface area contributed by atoms with Gasteiger partial charge in [0.2, 0.25) is 0 Å². The van der Waals surface area contributed by atoms with E-state index in [-0.39, 0.29) is 12.1 Å². The second-order valence-electron chi connectivity index (χ2n) is 16.3. The van der Waals surface area contributed by atoms with E-state index < -0.39 is 5.60 Å². The molecule has 0 bridgehead atoms. The highest BCUT2D eigenvalue weighted by molar-refractivity contribution is 5.70. The zero-order chi connectivity index (χ0) is 34.8. The van der Waals surface area contributed by atoms with Gasteiger partial charge in [-0.15, -0.1) is 0 Å². The molecule has 0 amide bonds. The Balaban J connectivity index is 1.89. The first-order valence-corrected chi connectivity index (χ1v) is 20.1. The van der Waals surface area contributed by atoms with Gasteiger partial charge in [0.25, 0.3) is 0 Å². The van der Waals surface area contributed by atoms with E-state index in [2.05, 4.69) is 41.5 Å². The van der Waals surface area contributed by atoms with E-state index in [9.17, 15) is 9.90 Å². The van der Waals surface area contributed by atoms with E-state index in [0.717, 1.165) is 65.5 Å². The van der Waals surface area contributed by atoms with Gasteiger partial charge in [-0.1, -0.05) is 144 Å². The van der Waals surface area contributed by atoms with Gasteiger partial charge < -0.3 is 14.6 Å². The summed E-state index contributed by atoms with van der Waals surface area (Å²) >= 11 is 0. The van der Waals surface area contributed by atoms with E-state index in [4.69, 9.17) is 9.47 Å². The normalized spacial score (nSPS) is 19.0. The van der Waals surface area contributed by atoms with Crippen LogP contribution in [0.25, 0.3) is 0 Å². The summed E-state index contributed by atoms with van der Waals surface area (Å²) in [6.07, 6.45) is 25.7. The number of carbonyl (C=O) groups excluding carboxylic acids is 1. The molecule has 0 aromatic heterocycles. The molecule has 1 N–H and O–H groups in total. The lowest BCUT2D eigenvalue weighted by molar-refractivity contribution is -0.163. The molecule has 0 aliphatic carbocycles. The van der Waals surface area contributed by atoms with Crippen molar-refractivity contribution in [3.05, 3.63) is 22.3 Å². The van der Waals surface area contributed by atoms with Gasteiger partial charge in [0.05, 0.1) is 0 Å². The molecule has 0 saturated carbocycles. The van der Waals surface area contributed by atoms with Gasteiger partial charge in [-0.25, -0.2) is 0 Å². The van der Waals surface area contributed by atoms with E-state index in [1.807, 2.05) is 20.8 Å². The predicted molar refractivity (Wildman–Crippen MR) is 201 cm³/mol. The third kappa shape index (κ3) is 14.7. The van der Waals surface area contributed by atoms with Gasteiger partial charge >= 0.3 is 5.97 Å². The number of benzene rings is 1. The number of aromatic hydroxyl groups is 1. The topological polar surface area (TPSA) is 55.8 Å². The van der Waals surface area contributed by atoms with Crippen LogP contribution in [-0.4, -0.2) is 22.8 Å². The smallest absolute Gasteiger partial charge is 0.306 e. The predicted octanol–water partition coefficient (Wildman–Crippen LogP) is 13.1. The Morgan fingerprint density at radius 1 is 0.745 bits per heavy atom. The molecule has 0 spiro atoms. The Labute approximate surface area is 291 Å². The van der Waals surface area contributed by atoms with Crippen LogP contribution in [0.5, 0.6) is 11.5 Å². The molecule has 1 aliphatic rings. The maximum atomic E-state index is 13.2. The minimum Gasteiger partial charge on any atom is -0.507 e. The van der Waals surface area contributed by atoms with Crippen LogP contribution in [0.2, 0.25) is 0 Å². The van der Waals surface area contributed by atoms with E-state index >= 15 is 0 Å². The van der Waals surface area contributed by atoms with Crippen molar-refractivity contribution in [1.29, 1.82) is 0 Å². The van der Waals surface area contributed by atoms with Crippen LogP contribution in [0, 0.1) is 38.5 Å². The van der Waals surface area contributed by atoms with Crippen LogP contribution in [-0.2, 0) is 16.0 Å². The molecular weight excluding hydrogens is 580 g/mol. The molecule has 1 aromatic carbocycles. The number of phenolic OH excluding ortho intramolecular Hbond substituents is 1. The Morgan fingerprint density at radius 3 is 1.81 bits per heavy atom. The number of carbonyl (C=O) groups is 1. The molecule has 0 fully saturated rings. The zero-order valence-electron chi connectivity index (χ0n) is 32.5. The largest absolute Gasteiger partial charge is 0.507 e. The van der Waals surface area contributed by atoms with Crippen LogP contribution in [0.3, 0.4) is 0 Å². The molecule has 0 radical (unpaired) electrons. The van der Waals surface area contributed by atoms with Crippen LogP contribution in [0.1, 0.15) is 199 Å². The molecule has 0 saturated heterocycles. The average Bonchev–Trinajstić information content (AvgIpc) is 3.02. The van der Waals surface area contributed by atoms with Crippen molar-refractivity contribution < 1.29 is 19.4 Å². The van der Waals surface area contributed by atoms with E-state index in [0.29, 0.717) is 24.5 Å². The van der Waals surface area contributed by atoms with Gasteiger partial charge in [-0.2, -0.15) is 0 Å². The summed E-state index contributed by atoms with van der Waals surface area (Å²) < 4.78 is 13.1. The molecule has 1 heterocycles. The first-order chi connectivity index (χ1) is 22.4. The fourth-order valence-corrected chi connectivity index (χ4v) is 7.56. The number of ether oxygens (including phenoxy) is 2. The summed E-state index contributed by atoms with van der Waals surface area (Å²) in [5.74, 6) is 3.44. The highest BCUT2D eigenvalue weighted by Gasteiger charge is 2.44. The maximum absolute atomic E-state index is 13.2. The quantitative estimate of drug-likeness (QED) is 0.0840. The number of hydrogen-bond donors (Lipinski definition) is 1. The van der Waals surface area contributed by atoms with Crippen molar-refractivity contribution >= 4 is 5.97 Å². The number of fused-ring (bicyclic) bond motifs is 1. The van der Waals surface area contributed by atoms with E-state index in [1.165, 1.54) is 103 Å². The highest BCUT2D eigenvalue weighted by Crippen LogP contribution is 2.45. The van der Waals surface area contributed by atoms with Crippen molar-refractivity contribution in [1.82, 2.24) is 0 Å². The molecule has 1 aromatic rings. The first kappa shape index (κ1) is 41.5. The lowest BCUT2D eigenvalue weighted by Crippen LogP contribution is -2.51. The Bertz CT molecular complexity index is 1030. The summed E-state index contributed by atoms with van der Waals surface area (Å²) in [6.45, 7) is 19.9.